The first-order valence-corrected chi connectivity index (χ1v) is 10.1. The van der Waals surface area contributed by atoms with E-state index in [4.69, 9.17) is 17.0 Å². The number of ether oxygens (including phenoxy) is 1. The Morgan fingerprint density at radius 3 is 2.68 bits per heavy atom. The average molecular weight is 407 g/mol. The summed E-state index contributed by atoms with van der Waals surface area (Å²) >= 11 is 6.76. The number of thiocarbonyl (C=S) groups is 1. The molecule has 0 radical (unpaired) electrons. The molecule has 140 valence electrons. The fourth-order valence-corrected chi connectivity index (χ4v) is 4.32. The summed E-state index contributed by atoms with van der Waals surface area (Å²) in [6.45, 7) is 0.555. The molecule has 3 aromatic rings. The normalized spacial score (nSPS) is 15.6. The molecule has 1 saturated heterocycles. The van der Waals surface area contributed by atoms with E-state index in [1.807, 2.05) is 66.7 Å². The van der Waals surface area contributed by atoms with Crippen LogP contribution in [0.4, 0.5) is 0 Å². The van der Waals surface area contributed by atoms with Crippen LogP contribution in [0.25, 0.3) is 17.0 Å². The molecule has 2 heterocycles. The molecule has 2 aromatic carbocycles. The Kier molecular flexibility index (Phi) is 5.41. The number of nitrogens with zero attached hydrogens (tertiary/aromatic N) is 2. The fourth-order valence-electron chi connectivity index (χ4n) is 3.02. The molecule has 1 aliphatic heterocycles. The molecule has 0 aliphatic carbocycles. The molecule has 28 heavy (non-hydrogen) atoms. The predicted molar refractivity (Wildman–Crippen MR) is 118 cm³/mol. The minimum atomic E-state index is -0.0570. The summed E-state index contributed by atoms with van der Waals surface area (Å²) in [5, 5.41) is 1.08. The third-order valence-corrected chi connectivity index (χ3v) is 5.93. The maximum Gasteiger partial charge on any atom is 0.266 e. The van der Waals surface area contributed by atoms with Crippen molar-refractivity contribution in [3.63, 3.8) is 0 Å². The van der Waals surface area contributed by atoms with Crippen LogP contribution >= 0.6 is 24.0 Å². The van der Waals surface area contributed by atoms with Gasteiger partial charge >= 0.3 is 0 Å². The Bertz CT molecular complexity index is 1080. The van der Waals surface area contributed by atoms with Crippen molar-refractivity contribution in [3.05, 3.63) is 76.8 Å². The van der Waals surface area contributed by atoms with Crippen LogP contribution in [0.3, 0.4) is 0 Å². The van der Waals surface area contributed by atoms with Crippen molar-refractivity contribution in [2.45, 2.75) is 6.42 Å². The molecule has 0 atom stereocenters. The highest BCUT2D eigenvalue weighted by Crippen LogP contribution is 2.32. The monoisotopic (exact) mass is 406 g/mol. The predicted octanol–water partition coefficient (Wildman–Crippen LogP) is 4.69. The van der Waals surface area contributed by atoms with E-state index >= 15 is 0 Å². The van der Waals surface area contributed by atoms with E-state index < -0.39 is 0 Å². The number of hydrogen-bond acceptors (Lipinski definition) is 5. The lowest BCUT2D eigenvalue weighted by atomic mass is 10.1. The summed E-state index contributed by atoms with van der Waals surface area (Å²) in [6.07, 6.45) is 2.55. The molecule has 1 amide bonds. The highest BCUT2D eigenvalue weighted by Gasteiger charge is 2.31. The van der Waals surface area contributed by atoms with Gasteiger partial charge in [0.25, 0.3) is 5.91 Å². The molecule has 6 heteroatoms. The largest absolute Gasteiger partial charge is 0.497 e. The van der Waals surface area contributed by atoms with Gasteiger partial charge in [0.1, 0.15) is 10.1 Å². The van der Waals surface area contributed by atoms with Crippen molar-refractivity contribution in [3.8, 4) is 5.75 Å². The quantitative estimate of drug-likeness (QED) is 0.454. The van der Waals surface area contributed by atoms with Gasteiger partial charge in [-0.25, -0.2) is 4.98 Å². The smallest absolute Gasteiger partial charge is 0.266 e. The van der Waals surface area contributed by atoms with E-state index in [0.29, 0.717) is 15.8 Å². The van der Waals surface area contributed by atoms with E-state index in [-0.39, 0.29) is 5.91 Å². The van der Waals surface area contributed by atoms with E-state index in [1.54, 1.807) is 12.0 Å². The number of rotatable bonds is 5. The fraction of sp³-hybridized carbons (Fsp3) is 0.136. The van der Waals surface area contributed by atoms with E-state index in [9.17, 15) is 4.79 Å². The number of amides is 1. The topological polar surface area (TPSA) is 42.4 Å². The van der Waals surface area contributed by atoms with E-state index in [0.717, 1.165) is 34.3 Å². The van der Waals surface area contributed by atoms with Gasteiger partial charge in [-0.3, -0.25) is 9.69 Å². The number of fused-ring (bicyclic) bond motifs is 1. The van der Waals surface area contributed by atoms with Crippen molar-refractivity contribution in [1.29, 1.82) is 0 Å². The number of para-hydroxylation sites is 1. The number of carbonyl (C=O) groups is 1. The molecule has 0 spiro atoms. The van der Waals surface area contributed by atoms with Crippen molar-refractivity contribution in [2.75, 3.05) is 13.7 Å². The Hall–Kier alpha value is -2.70. The van der Waals surface area contributed by atoms with Gasteiger partial charge in [-0.1, -0.05) is 60.4 Å². The first kappa shape index (κ1) is 18.7. The maximum atomic E-state index is 12.8. The molecule has 1 aliphatic rings. The molecule has 4 nitrogen and oxygen atoms in total. The van der Waals surface area contributed by atoms with Crippen LogP contribution in [0.1, 0.15) is 11.3 Å². The Morgan fingerprint density at radius 1 is 1.11 bits per heavy atom. The molecule has 1 aromatic heterocycles. The van der Waals surface area contributed by atoms with Crippen LogP contribution in [-0.2, 0) is 11.2 Å². The third kappa shape index (κ3) is 3.93. The molecule has 0 bridgehead atoms. The van der Waals surface area contributed by atoms with E-state index in [2.05, 4.69) is 4.98 Å². The average Bonchev–Trinajstić information content (AvgIpc) is 2.99. The van der Waals surface area contributed by atoms with Crippen LogP contribution in [-0.4, -0.2) is 33.8 Å². The van der Waals surface area contributed by atoms with Gasteiger partial charge in [0.05, 0.1) is 23.2 Å². The van der Waals surface area contributed by atoms with E-state index in [1.165, 1.54) is 11.8 Å². The number of pyridine rings is 1. The molecular weight excluding hydrogens is 388 g/mol. The summed E-state index contributed by atoms with van der Waals surface area (Å²) in [5.41, 5.74) is 2.80. The van der Waals surface area contributed by atoms with Crippen LogP contribution in [0.15, 0.2) is 65.6 Å². The number of hydrogen-bond donors (Lipinski definition) is 0. The molecule has 0 N–H and O–H groups in total. The van der Waals surface area contributed by atoms with Gasteiger partial charge in [-0.05, 0) is 42.3 Å². The molecule has 0 saturated carbocycles. The third-order valence-electron chi connectivity index (χ3n) is 4.56. The standard InChI is InChI=1S/C22H18N2O2S2/c1-26-18-10-6-15(7-11-18)12-13-24-21(25)20(28-22(24)27)14-17-9-8-16-4-2-3-5-19(16)23-17/h2-11,14H,12-13H2,1H3/b20-14+. The number of aromatic nitrogens is 1. The molecular formula is C22H18N2O2S2. The first-order chi connectivity index (χ1) is 13.6. The van der Waals surface area contributed by atoms with Crippen molar-refractivity contribution >= 4 is 51.2 Å². The zero-order chi connectivity index (χ0) is 19.5. The van der Waals surface area contributed by atoms with Gasteiger partial charge < -0.3 is 4.74 Å². The zero-order valence-electron chi connectivity index (χ0n) is 15.3. The van der Waals surface area contributed by atoms with Crippen LogP contribution < -0.4 is 4.74 Å². The highest BCUT2D eigenvalue weighted by atomic mass is 32.2. The molecule has 0 unspecified atom stereocenters. The zero-order valence-corrected chi connectivity index (χ0v) is 16.9. The first-order valence-electron chi connectivity index (χ1n) is 8.88. The number of methoxy groups -OCH3 is 1. The Balaban J connectivity index is 1.48. The van der Waals surface area contributed by atoms with Crippen LogP contribution in [0.5, 0.6) is 5.75 Å². The second-order valence-corrected chi connectivity index (χ2v) is 8.04. The number of carbonyl (C=O) groups excluding carboxylic acids is 1. The van der Waals surface area contributed by atoms with Gasteiger partial charge in [-0.2, -0.15) is 0 Å². The minimum absolute atomic E-state index is 0.0570. The van der Waals surface area contributed by atoms with Gasteiger partial charge in [0, 0.05) is 11.9 Å². The summed E-state index contributed by atoms with van der Waals surface area (Å²) in [7, 11) is 1.64. The lowest BCUT2D eigenvalue weighted by Gasteiger charge is -2.14. The van der Waals surface area contributed by atoms with Crippen molar-refractivity contribution in [2.24, 2.45) is 0 Å². The van der Waals surface area contributed by atoms with Crippen molar-refractivity contribution in [1.82, 2.24) is 9.88 Å². The van der Waals surface area contributed by atoms with Gasteiger partial charge in [0.15, 0.2) is 0 Å². The summed E-state index contributed by atoms with van der Waals surface area (Å²) in [4.78, 5) is 19.7. The lowest BCUT2D eigenvalue weighted by molar-refractivity contribution is -0.122. The SMILES string of the molecule is COc1ccc(CCN2C(=O)/C(=C\c3ccc4ccccc4n3)SC2=S)cc1. The number of benzene rings is 2. The minimum Gasteiger partial charge on any atom is -0.497 e. The van der Waals surface area contributed by atoms with Gasteiger partial charge in [-0.15, -0.1) is 0 Å². The Labute approximate surface area is 173 Å². The maximum absolute atomic E-state index is 12.8. The van der Waals surface area contributed by atoms with Gasteiger partial charge in [0.2, 0.25) is 0 Å². The second-order valence-electron chi connectivity index (χ2n) is 6.36. The highest BCUT2D eigenvalue weighted by molar-refractivity contribution is 8.26. The van der Waals surface area contributed by atoms with Crippen molar-refractivity contribution < 1.29 is 9.53 Å². The summed E-state index contributed by atoms with van der Waals surface area (Å²) < 4.78 is 5.77. The molecule has 4 rings (SSSR count). The summed E-state index contributed by atoms with van der Waals surface area (Å²) in [6, 6.07) is 19.7. The Morgan fingerprint density at radius 2 is 1.89 bits per heavy atom. The number of thioether (sulfide) groups is 1. The summed E-state index contributed by atoms with van der Waals surface area (Å²) in [5.74, 6) is 0.763. The second kappa shape index (κ2) is 8.12. The lowest BCUT2D eigenvalue weighted by Crippen LogP contribution is -2.30. The molecule has 1 fully saturated rings. The van der Waals surface area contributed by atoms with Crippen LogP contribution in [0.2, 0.25) is 0 Å². The van der Waals surface area contributed by atoms with Crippen LogP contribution in [0, 0.1) is 0 Å².